The van der Waals surface area contributed by atoms with Gasteiger partial charge in [-0.15, -0.1) is 11.3 Å². The monoisotopic (exact) mass is 276 g/mol. The summed E-state index contributed by atoms with van der Waals surface area (Å²) in [6.07, 6.45) is 1.80. The SMILES string of the molecule is Cc1cnc(CNC(=O)c2ccc(NN)cc2C)s1. The molecule has 0 atom stereocenters. The second-order valence-corrected chi connectivity index (χ2v) is 5.54. The average molecular weight is 276 g/mol. The molecular weight excluding hydrogens is 260 g/mol. The first kappa shape index (κ1) is 13.5. The van der Waals surface area contributed by atoms with Crippen LogP contribution >= 0.6 is 11.3 Å². The van der Waals surface area contributed by atoms with E-state index in [0.717, 1.165) is 21.1 Å². The molecule has 4 N–H and O–H groups in total. The summed E-state index contributed by atoms with van der Waals surface area (Å²) in [6, 6.07) is 5.37. The number of aryl methyl sites for hydroxylation is 2. The second kappa shape index (κ2) is 5.81. The van der Waals surface area contributed by atoms with Crippen LogP contribution in [-0.2, 0) is 6.54 Å². The van der Waals surface area contributed by atoms with Gasteiger partial charge in [0.1, 0.15) is 5.01 Å². The Morgan fingerprint density at radius 1 is 1.42 bits per heavy atom. The normalized spacial score (nSPS) is 10.3. The van der Waals surface area contributed by atoms with Gasteiger partial charge in [0.25, 0.3) is 5.91 Å². The van der Waals surface area contributed by atoms with E-state index in [4.69, 9.17) is 5.84 Å². The van der Waals surface area contributed by atoms with Crippen LogP contribution < -0.4 is 16.6 Å². The van der Waals surface area contributed by atoms with Gasteiger partial charge < -0.3 is 10.7 Å². The smallest absolute Gasteiger partial charge is 0.251 e. The number of rotatable bonds is 4. The van der Waals surface area contributed by atoms with Crippen molar-refractivity contribution in [3.8, 4) is 0 Å². The number of nitrogens with zero attached hydrogens (tertiary/aromatic N) is 1. The summed E-state index contributed by atoms with van der Waals surface area (Å²) in [7, 11) is 0. The molecule has 19 heavy (non-hydrogen) atoms. The molecule has 0 aliphatic rings. The maximum Gasteiger partial charge on any atom is 0.251 e. The standard InChI is InChI=1S/C13H16N4OS/c1-8-5-10(17-14)3-4-11(8)13(18)16-7-12-15-6-9(2)19-12/h3-6,17H,7,14H2,1-2H3,(H,16,18). The van der Waals surface area contributed by atoms with Crippen LogP contribution in [0, 0.1) is 13.8 Å². The zero-order valence-corrected chi connectivity index (χ0v) is 11.7. The molecule has 0 bridgehead atoms. The van der Waals surface area contributed by atoms with Crippen molar-refractivity contribution in [2.24, 2.45) is 5.84 Å². The zero-order chi connectivity index (χ0) is 13.8. The van der Waals surface area contributed by atoms with Crippen LogP contribution in [0.4, 0.5) is 5.69 Å². The van der Waals surface area contributed by atoms with Gasteiger partial charge in [-0.2, -0.15) is 0 Å². The van der Waals surface area contributed by atoms with Crippen molar-refractivity contribution >= 4 is 22.9 Å². The number of carbonyl (C=O) groups is 1. The first-order valence-corrected chi connectivity index (χ1v) is 6.68. The van der Waals surface area contributed by atoms with Crippen molar-refractivity contribution < 1.29 is 4.79 Å². The molecule has 0 unspecified atom stereocenters. The molecule has 0 fully saturated rings. The molecule has 0 radical (unpaired) electrons. The van der Waals surface area contributed by atoms with Gasteiger partial charge in [0.2, 0.25) is 0 Å². The van der Waals surface area contributed by atoms with Gasteiger partial charge in [-0.3, -0.25) is 10.6 Å². The van der Waals surface area contributed by atoms with Crippen LogP contribution in [0.3, 0.4) is 0 Å². The number of carbonyl (C=O) groups excluding carboxylic acids is 1. The molecule has 6 heteroatoms. The van der Waals surface area contributed by atoms with Gasteiger partial charge >= 0.3 is 0 Å². The van der Waals surface area contributed by atoms with Gasteiger partial charge in [-0.05, 0) is 37.6 Å². The molecule has 2 aromatic rings. The number of aromatic nitrogens is 1. The van der Waals surface area contributed by atoms with Gasteiger partial charge in [-0.1, -0.05) is 0 Å². The molecule has 1 aromatic carbocycles. The molecule has 1 aromatic heterocycles. The summed E-state index contributed by atoms with van der Waals surface area (Å²) in [4.78, 5) is 17.4. The maximum atomic E-state index is 12.1. The number of thiazole rings is 1. The highest BCUT2D eigenvalue weighted by molar-refractivity contribution is 7.11. The number of amides is 1. The molecule has 1 amide bonds. The Balaban J connectivity index is 2.03. The molecule has 1 heterocycles. The fourth-order valence-electron chi connectivity index (χ4n) is 1.74. The number of hydrazine groups is 1. The number of anilines is 1. The summed E-state index contributed by atoms with van der Waals surface area (Å²) < 4.78 is 0. The molecule has 0 aliphatic carbocycles. The Labute approximate surface area is 115 Å². The van der Waals surface area contributed by atoms with E-state index < -0.39 is 0 Å². The van der Waals surface area contributed by atoms with Crippen molar-refractivity contribution in [2.45, 2.75) is 20.4 Å². The van der Waals surface area contributed by atoms with Gasteiger partial charge in [-0.25, -0.2) is 4.98 Å². The highest BCUT2D eigenvalue weighted by Gasteiger charge is 2.09. The fourth-order valence-corrected chi connectivity index (χ4v) is 2.47. The Kier molecular flexibility index (Phi) is 4.13. The first-order valence-electron chi connectivity index (χ1n) is 5.87. The van der Waals surface area contributed by atoms with Crippen LogP contribution in [0.2, 0.25) is 0 Å². The molecule has 5 nitrogen and oxygen atoms in total. The van der Waals surface area contributed by atoms with Crippen molar-refractivity contribution in [3.63, 3.8) is 0 Å². The third kappa shape index (κ3) is 3.30. The number of hydrogen-bond acceptors (Lipinski definition) is 5. The largest absolute Gasteiger partial charge is 0.346 e. The van der Waals surface area contributed by atoms with E-state index in [-0.39, 0.29) is 5.91 Å². The van der Waals surface area contributed by atoms with E-state index in [1.54, 1.807) is 29.7 Å². The molecule has 0 spiro atoms. The Hall–Kier alpha value is -1.92. The molecule has 0 saturated heterocycles. The minimum Gasteiger partial charge on any atom is -0.346 e. The number of hydrogen-bond donors (Lipinski definition) is 3. The second-order valence-electron chi connectivity index (χ2n) is 4.22. The number of nitrogens with one attached hydrogen (secondary N) is 2. The third-order valence-corrected chi connectivity index (χ3v) is 3.62. The lowest BCUT2D eigenvalue weighted by Gasteiger charge is -2.08. The van der Waals surface area contributed by atoms with Crippen LogP contribution in [-0.4, -0.2) is 10.9 Å². The molecule has 100 valence electrons. The first-order chi connectivity index (χ1) is 9.10. The van der Waals surface area contributed by atoms with Crippen LogP contribution in [0.25, 0.3) is 0 Å². The Bertz CT molecular complexity index is 594. The van der Waals surface area contributed by atoms with E-state index in [1.807, 2.05) is 19.9 Å². The van der Waals surface area contributed by atoms with E-state index >= 15 is 0 Å². The van der Waals surface area contributed by atoms with Crippen LogP contribution in [0.5, 0.6) is 0 Å². The lowest BCUT2D eigenvalue weighted by atomic mass is 10.1. The summed E-state index contributed by atoms with van der Waals surface area (Å²) >= 11 is 1.58. The summed E-state index contributed by atoms with van der Waals surface area (Å²) in [5.41, 5.74) is 4.86. The van der Waals surface area contributed by atoms with Crippen molar-refractivity contribution in [1.82, 2.24) is 10.3 Å². The number of benzene rings is 1. The molecule has 0 saturated carbocycles. The number of nitrogen functional groups attached to an aromatic ring is 1. The van der Waals surface area contributed by atoms with Gasteiger partial charge in [0.05, 0.1) is 6.54 Å². The Morgan fingerprint density at radius 3 is 2.79 bits per heavy atom. The predicted molar refractivity (Wildman–Crippen MR) is 77.0 cm³/mol. The molecule has 2 rings (SSSR count). The topological polar surface area (TPSA) is 80.0 Å². The predicted octanol–water partition coefficient (Wildman–Crippen LogP) is 1.98. The van der Waals surface area contributed by atoms with Gasteiger partial charge in [0, 0.05) is 22.3 Å². The van der Waals surface area contributed by atoms with Crippen molar-refractivity contribution in [2.75, 3.05) is 5.43 Å². The van der Waals surface area contributed by atoms with Crippen molar-refractivity contribution in [1.29, 1.82) is 0 Å². The lowest BCUT2D eigenvalue weighted by molar-refractivity contribution is 0.0950. The van der Waals surface area contributed by atoms with Crippen LogP contribution in [0.1, 0.15) is 25.8 Å². The highest BCUT2D eigenvalue weighted by atomic mass is 32.1. The minimum atomic E-state index is -0.103. The highest BCUT2D eigenvalue weighted by Crippen LogP contribution is 2.15. The van der Waals surface area contributed by atoms with E-state index in [1.165, 1.54) is 0 Å². The summed E-state index contributed by atoms with van der Waals surface area (Å²) in [5, 5.41) is 3.77. The summed E-state index contributed by atoms with van der Waals surface area (Å²) in [6.45, 7) is 4.32. The van der Waals surface area contributed by atoms with Crippen molar-refractivity contribution in [3.05, 3.63) is 45.4 Å². The summed E-state index contributed by atoms with van der Waals surface area (Å²) in [5.74, 6) is 5.22. The van der Waals surface area contributed by atoms with Crippen LogP contribution in [0.15, 0.2) is 24.4 Å². The quantitative estimate of drug-likeness (QED) is 0.589. The zero-order valence-electron chi connectivity index (χ0n) is 10.9. The van der Waals surface area contributed by atoms with E-state index in [9.17, 15) is 4.79 Å². The fraction of sp³-hybridized carbons (Fsp3) is 0.231. The number of nitrogens with two attached hydrogens (primary N) is 1. The Morgan fingerprint density at radius 2 is 2.21 bits per heavy atom. The molecular formula is C13H16N4OS. The minimum absolute atomic E-state index is 0.103. The van der Waals surface area contributed by atoms with E-state index in [2.05, 4.69) is 15.7 Å². The lowest BCUT2D eigenvalue weighted by Crippen LogP contribution is -2.23. The van der Waals surface area contributed by atoms with E-state index in [0.29, 0.717) is 12.1 Å². The van der Waals surface area contributed by atoms with Gasteiger partial charge in [0.15, 0.2) is 0 Å². The average Bonchev–Trinajstić information content (AvgIpc) is 2.81. The maximum absolute atomic E-state index is 12.1. The molecule has 0 aliphatic heterocycles. The third-order valence-electron chi connectivity index (χ3n) is 2.71.